The normalized spacial score (nSPS) is 16.3. The molecule has 0 unspecified atom stereocenters. The summed E-state index contributed by atoms with van der Waals surface area (Å²) < 4.78 is 6.45. The summed E-state index contributed by atoms with van der Waals surface area (Å²) in [6.45, 7) is 0.344. The Morgan fingerprint density at radius 3 is 2.33 bits per heavy atom. The molecule has 0 bridgehead atoms. The number of carbonyl (C=O) groups excluding carboxylic acids is 3. The Bertz CT molecular complexity index is 1430. The highest BCUT2D eigenvalue weighted by Crippen LogP contribution is 2.46. The van der Waals surface area contributed by atoms with Crippen LogP contribution in [0.1, 0.15) is 73.1 Å². The number of carboxylic acid groups (broad SMARTS) is 1. The third-order valence-corrected chi connectivity index (χ3v) is 7.02. The lowest BCUT2D eigenvalue weighted by Gasteiger charge is -2.32. The highest BCUT2D eigenvalue weighted by atomic mass is 16.5. The van der Waals surface area contributed by atoms with Gasteiger partial charge in [-0.25, -0.2) is 4.79 Å². The van der Waals surface area contributed by atoms with Crippen molar-refractivity contribution in [2.45, 2.75) is 38.1 Å². The number of esters is 1. The third-order valence-electron chi connectivity index (χ3n) is 7.02. The van der Waals surface area contributed by atoms with E-state index in [1.54, 1.807) is 35.0 Å². The Kier molecular flexibility index (Phi) is 6.14. The van der Waals surface area contributed by atoms with E-state index in [0.717, 1.165) is 11.1 Å². The second kappa shape index (κ2) is 9.41. The maximum atomic E-state index is 13.7. The fourth-order valence-corrected chi connectivity index (χ4v) is 5.47. The van der Waals surface area contributed by atoms with Gasteiger partial charge in [0.05, 0.1) is 7.11 Å². The van der Waals surface area contributed by atoms with Crippen molar-refractivity contribution in [1.29, 1.82) is 0 Å². The van der Waals surface area contributed by atoms with Gasteiger partial charge in [0.2, 0.25) is 0 Å². The molecule has 1 atom stereocenters. The SMILES string of the molecule is COC(=O)CCC[C@@H]1C2=C(Cc3cn(Cc4ccccc4)c(C(=O)O)c31)C(=O)c1ccccc1C2=O. The van der Waals surface area contributed by atoms with Gasteiger partial charge in [-0.05, 0) is 29.5 Å². The van der Waals surface area contributed by atoms with Crippen molar-refractivity contribution in [3.05, 3.63) is 105 Å². The molecule has 182 valence electrons. The molecule has 2 aliphatic rings. The summed E-state index contributed by atoms with van der Waals surface area (Å²) in [6, 6.07) is 16.3. The maximum absolute atomic E-state index is 13.7. The second-order valence-corrected chi connectivity index (χ2v) is 9.13. The van der Waals surface area contributed by atoms with E-state index in [1.807, 2.05) is 30.3 Å². The first kappa shape index (κ1) is 23.5. The molecule has 5 rings (SSSR count). The summed E-state index contributed by atoms with van der Waals surface area (Å²) in [4.78, 5) is 51.5. The molecule has 2 aromatic carbocycles. The number of hydrogen-bond acceptors (Lipinski definition) is 5. The molecule has 1 N–H and O–H groups in total. The third kappa shape index (κ3) is 3.96. The van der Waals surface area contributed by atoms with Crippen molar-refractivity contribution in [2.24, 2.45) is 0 Å². The summed E-state index contributed by atoms with van der Waals surface area (Å²) >= 11 is 0. The number of carbonyl (C=O) groups is 4. The number of hydrogen-bond donors (Lipinski definition) is 1. The van der Waals surface area contributed by atoms with Crippen molar-refractivity contribution in [3.63, 3.8) is 0 Å². The monoisotopic (exact) mass is 483 g/mol. The van der Waals surface area contributed by atoms with E-state index in [2.05, 4.69) is 0 Å². The molecule has 0 saturated heterocycles. The van der Waals surface area contributed by atoms with Gasteiger partial charge in [-0.3, -0.25) is 14.4 Å². The van der Waals surface area contributed by atoms with Gasteiger partial charge < -0.3 is 14.4 Å². The number of nitrogens with zero attached hydrogens (tertiary/aromatic N) is 1. The Morgan fingerprint density at radius 2 is 1.67 bits per heavy atom. The molecule has 2 aliphatic carbocycles. The Labute approximate surface area is 208 Å². The number of carboxylic acids is 1. The molecule has 7 nitrogen and oxygen atoms in total. The molecular formula is C29H25NO6. The van der Waals surface area contributed by atoms with Crippen molar-refractivity contribution in [3.8, 4) is 0 Å². The van der Waals surface area contributed by atoms with Crippen LogP contribution in [-0.2, 0) is 22.5 Å². The van der Waals surface area contributed by atoms with Gasteiger partial charge in [0.1, 0.15) is 5.69 Å². The first-order chi connectivity index (χ1) is 17.4. The molecular weight excluding hydrogens is 458 g/mol. The second-order valence-electron chi connectivity index (χ2n) is 9.13. The first-order valence-corrected chi connectivity index (χ1v) is 11.9. The number of Topliss-reactive ketones (excluding diaryl/α,β-unsaturated/α-hetero) is 2. The van der Waals surface area contributed by atoms with Crippen LogP contribution < -0.4 is 0 Å². The average Bonchev–Trinajstić information content (AvgIpc) is 3.25. The van der Waals surface area contributed by atoms with Gasteiger partial charge in [-0.15, -0.1) is 0 Å². The fourth-order valence-electron chi connectivity index (χ4n) is 5.47. The molecule has 1 aromatic heterocycles. The largest absolute Gasteiger partial charge is 0.477 e. The fraction of sp³-hybridized carbons (Fsp3) is 0.241. The number of aromatic nitrogens is 1. The van der Waals surface area contributed by atoms with Crippen LogP contribution in [0.3, 0.4) is 0 Å². The highest BCUT2D eigenvalue weighted by Gasteiger charge is 2.42. The molecule has 0 radical (unpaired) electrons. The van der Waals surface area contributed by atoms with Gasteiger partial charge in [-0.1, -0.05) is 54.6 Å². The minimum absolute atomic E-state index is 0.113. The number of fused-ring (bicyclic) bond motifs is 2. The zero-order valence-corrected chi connectivity index (χ0v) is 19.8. The highest BCUT2D eigenvalue weighted by molar-refractivity contribution is 6.28. The Balaban J connectivity index is 1.64. The van der Waals surface area contributed by atoms with Crippen LogP contribution in [-0.4, -0.2) is 40.3 Å². The lowest BCUT2D eigenvalue weighted by atomic mass is 9.69. The average molecular weight is 484 g/mol. The van der Waals surface area contributed by atoms with E-state index in [9.17, 15) is 24.3 Å². The predicted molar refractivity (Wildman–Crippen MR) is 131 cm³/mol. The maximum Gasteiger partial charge on any atom is 0.352 e. The Hall–Kier alpha value is -4.26. The number of ketones is 2. The quantitative estimate of drug-likeness (QED) is 0.493. The number of methoxy groups -OCH3 is 1. The molecule has 0 aliphatic heterocycles. The van der Waals surface area contributed by atoms with E-state index in [-0.39, 0.29) is 36.1 Å². The van der Waals surface area contributed by atoms with Gasteiger partial charge in [0, 0.05) is 53.8 Å². The van der Waals surface area contributed by atoms with Gasteiger partial charge in [-0.2, -0.15) is 0 Å². The van der Waals surface area contributed by atoms with Crippen molar-refractivity contribution in [2.75, 3.05) is 7.11 Å². The van der Waals surface area contributed by atoms with Crippen molar-refractivity contribution < 1.29 is 29.0 Å². The zero-order chi connectivity index (χ0) is 25.4. The lowest BCUT2D eigenvalue weighted by Crippen LogP contribution is -2.30. The number of allylic oxidation sites excluding steroid dienone is 2. The number of benzene rings is 2. The van der Waals surface area contributed by atoms with E-state index in [1.165, 1.54) is 7.11 Å². The summed E-state index contributed by atoms with van der Waals surface area (Å²) in [5.74, 6) is -2.53. The van der Waals surface area contributed by atoms with Gasteiger partial charge in [0.15, 0.2) is 11.6 Å². The minimum atomic E-state index is -1.09. The summed E-state index contributed by atoms with van der Waals surface area (Å²) in [5, 5.41) is 10.3. The van der Waals surface area contributed by atoms with E-state index in [4.69, 9.17) is 4.74 Å². The van der Waals surface area contributed by atoms with Crippen LogP contribution in [0, 0.1) is 0 Å². The molecule has 0 fully saturated rings. The van der Waals surface area contributed by atoms with Crippen LogP contribution in [0.25, 0.3) is 0 Å². The molecule has 7 heteroatoms. The number of ether oxygens (including phenoxy) is 1. The Morgan fingerprint density at radius 1 is 1.00 bits per heavy atom. The molecule has 0 saturated carbocycles. The first-order valence-electron chi connectivity index (χ1n) is 11.9. The van der Waals surface area contributed by atoms with E-state index < -0.39 is 11.9 Å². The molecule has 1 heterocycles. The van der Waals surface area contributed by atoms with Crippen molar-refractivity contribution in [1.82, 2.24) is 4.57 Å². The van der Waals surface area contributed by atoms with Crippen LogP contribution >= 0.6 is 0 Å². The van der Waals surface area contributed by atoms with Crippen LogP contribution in [0.4, 0.5) is 0 Å². The number of aromatic carboxylic acids is 1. The van der Waals surface area contributed by atoms with E-state index in [0.29, 0.717) is 47.2 Å². The molecule has 36 heavy (non-hydrogen) atoms. The number of rotatable bonds is 7. The molecule has 3 aromatic rings. The summed E-state index contributed by atoms with van der Waals surface area (Å²) in [7, 11) is 1.31. The van der Waals surface area contributed by atoms with Gasteiger partial charge >= 0.3 is 11.9 Å². The predicted octanol–water partition coefficient (Wildman–Crippen LogP) is 4.59. The smallest absolute Gasteiger partial charge is 0.352 e. The minimum Gasteiger partial charge on any atom is -0.477 e. The van der Waals surface area contributed by atoms with Crippen LogP contribution in [0.15, 0.2) is 71.9 Å². The topological polar surface area (TPSA) is 103 Å². The molecule has 0 spiro atoms. The lowest BCUT2D eigenvalue weighted by molar-refractivity contribution is -0.140. The summed E-state index contributed by atoms with van der Waals surface area (Å²) in [5.41, 5.74) is 3.82. The summed E-state index contributed by atoms with van der Waals surface area (Å²) in [6.07, 6.45) is 2.86. The standard InChI is InChI=1S/C29H25NO6/c1-36-23(31)13-7-12-21-24-18(16-30(26(24)29(34)35)15-17-8-3-2-4-9-17)14-22-25(21)28(33)20-11-6-5-10-19(20)27(22)32/h2-6,8-11,16,21H,7,12-15H2,1H3,(H,34,35)/t21-/m0/s1. The van der Waals surface area contributed by atoms with Crippen LogP contribution in [0.2, 0.25) is 0 Å². The zero-order valence-electron chi connectivity index (χ0n) is 19.8. The van der Waals surface area contributed by atoms with Crippen LogP contribution in [0.5, 0.6) is 0 Å². The van der Waals surface area contributed by atoms with E-state index >= 15 is 0 Å². The van der Waals surface area contributed by atoms with Crippen molar-refractivity contribution >= 4 is 23.5 Å². The molecule has 0 amide bonds. The van der Waals surface area contributed by atoms with Gasteiger partial charge in [0.25, 0.3) is 0 Å².